The van der Waals surface area contributed by atoms with E-state index in [1.807, 2.05) is 20.8 Å². The van der Waals surface area contributed by atoms with Crippen molar-refractivity contribution in [1.29, 1.82) is 0 Å². The first-order valence-corrected chi connectivity index (χ1v) is 5.09. The molecule has 0 amide bonds. The highest BCUT2D eigenvalue weighted by molar-refractivity contribution is 5.25. The van der Waals surface area contributed by atoms with Crippen molar-refractivity contribution in [2.75, 3.05) is 7.05 Å². The van der Waals surface area contributed by atoms with Crippen molar-refractivity contribution in [2.24, 2.45) is 5.41 Å². The zero-order valence-corrected chi connectivity index (χ0v) is 9.87. The fraction of sp³-hybridized carbons (Fsp3) is 0.500. The summed E-state index contributed by atoms with van der Waals surface area (Å²) in [6.45, 7) is 5.61. The molecule has 0 saturated heterocycles. The summed E-state index contributed by atoms with van der Waals surface area (Å²) in [5, 5.41) is 2.88. The number of rotatable bonds is 2. The molecule has 0 aliphatic rings. The minimum atomic E-state index is -1.15. The molecule has 1 atom stereocenters. The summed E-state index contributed by atoms with van der Waals surface area (Å²) in [6, 6.07) is 1.14. The minimum absolute atomic E-state index is 0.0208. The van der Waals surface area contributed by atoms with Crippen LogP contribution in [0.5, 0.6) is 0 Å². The summed E-state index contributed by atoms with van der Waals surface area (Å²) in [5.74, 6) is -2.91. The molecule has 0 bridgehead atoms. The first-order valence-electron chi connectivity index (χ1n) is 5.09. The molecule has 4 heteroatoms. The van der Waals surface area contributed by atoms with Gasteiger partial charge in [0, 0.05) is 17.7 Å². The second-order valence-electron chi connectivity index (χ2n) is 4.88. The van der Waals surface area contributed by atoms with Crippen LogP contribution in [0.25, 0.3) is 0 Å². The monoisotopic (exact) mass is 231 g/mol. The van der Waals surface area contributed by atoms with E-state index in [2.05, 4.69) is 5.32 Å². The Morgan fingerprint density at radius 1 is 1.12 bits per heavy atom. The topological polar surface area (TPSA) is 12.0 Å². The van der Waals surface area contributed by atoms with Crippen LogP contribution in [0.3, 0.4) is 0 Å². The van der Waals surface area contributed by atoms with E-state index in [4.69, 9.17) is 0 Å². The van der Waals surface area contributed by atoms with Crippen LogP contribution < -0.4 is 5.32 Å². The number of benzene rings is 1. The van der Waals surface area contributed by atoms with Crippen molar-refractivity contribution >= 4 is 0 Å². The Labute approximate surface area is 93.7 Å². The van der Waals surface area contributed by atoms with E-state index in [1.165, 1.54) is 0 Å². The van der Waals surface area contributed by atoms with Crippen LogP contribution in [0.2, 0.25) is 0 Å². The van der Waals surface area contributed by atoms with E-state index < -0.39 is 23.5 Å². The Morgan fingerprint density at radius 2 is 1.69 bits per heavy atom. The molecule has 0 saturated carbocycles. The molecule has 1 aromatic rings. The first kappa shape index (κ1) is 13.0. The van der Waals surface area contributed by atoms with E-state index in [0.717, 1.165) is 6.07 Å². The van der Waals surface area contributed by atoms with Gasteiger partial charge in [-0.2, -0.15) is 0 Å². The molecule has 1 N–H and O–H groups in total. The maximum absolute atomic E-state index is 13.6. The van der Waals surface area contributed by atoms with E-state index in [9.17, 15) is 13.2 Å². The molecular weight excluding hydrogens is 215 g/mol. The van der Waals surface area contributed by atoms with Crippen LogP contribution in [0, 0.1) is 22.9 Å². The van der Waals surface area contributed by atoms with E-state index in [0.29, 0.717) is 6.07 Å². The zero-order valence-electron chi connectivity index (χ0n) is 9.87. The van der Waals surface area contributed by atoms with Gasteiger partial charge in [-0.05, 0) is 18.5 Å². The van der Waals surface area contributed by atoms with Gasteiger partial charge in [0.05, 0.1) is 0 Å². The van der Waals surface area contributed by atoms with Crippen molar-refractivity contribution in [3.63, 3.8) is 0 Å². The normalized spacial score (nSPS) is 13.9. The van der Waals surface area contributed by atoms with E-state index >= 15 is 0 Å². The second kappa shape index (κ2) is 4.45. The third-order valence-corrected chi connectivity index (χ3v) is 2.49. The summed E-state index contributed by atoms with van der Waals surface area (Å²) in [6.07, 6.45) is 0. The second-order valence-corrected chi connectivity index (χ2v) is 4.88. The van der Waals surface area contributed by atoms with Gasteiger partial charge >= 0.3 is 0 Å². The first-order chi connectivity index (χ1) is 7.27. The lowest BCUT2D eigenvalue weighted by molar-refractivity contribution is 0.276. The van der Waals surface area contributed by atoms with Crippen molar-refractivity contribution in [3.8, 4) is 0 Å². The number of nitrogens with one attached hydrogen (secondary N) is 1. The van der Waals surface area contributed by atoms with Crippen LogP contribution >= 0.6 is 0 Å². The molecule has 1 nitrogen and oxygen atoms in total. The van der Waals surface area contributed by atoms with Crippen LogP contribution in [0.1, 0.15) is 32.4 Å². The largest absolute Gasteiger partial charge is 0.312 e. The standard InChI is InChI=1S/C12H16F3N/c1-12(2,3)11(16-4)8-5-7(13)6-9(14)10(8)15/h5-6,11,16H,1-4H3. The Bertz CT molecular complexity index is 383. The molecule has 1 unspecified atom stereocenters. The molecule has 90 valence electrons. The molecule has 0 heterocycles. The van der Waals surface area contributed by atoms with Gasteiger partial charge in [0.1, 0.15) is 5.82 Å². The van der Waals surface area contributed by atoms with Crippen LogP contribution in [0.15, 0.2) is 12.1 Å². The zero-order chi connectivity index (χ0) is 12.5. The predicted molar refractivity (Wildman–Crippen MR) is 57.6 cm³/mol. The van der Waals surface area contributed by atoms with Gasteiger partial charge in [0.25, 0.3) is 0 Å². The highest BCUT2D eigenvalue weighted by Crippen LogP contribution is 2.34. The Morgan fingerprint density at radius 3 is 2.12 bits per heavy atom. The SMILES string of the molecule is CNC(c1cc(F)cc(F)c1F)C(C)(C)C. The molecule has 16 heavy (non-hydrogen) atoms. The third kappa shape index (κ3) is 2.55. The highest BCUT2D eigenvalue weighted by atomic mass is 19.2. The van der Waals surface area contributed by atoms with Crippen molar-refractivity contribution < 1.29 is 13.2 Å². The van der Waals surface area contributed by atoms with Gasteiger partial charge in [0.2, 0.25) is 0 Å². The van der Waals surface area contributed by atoms with Crippen molar-refractivity contribution in [1.82, 2.24) is 5.32 Å². The summed E-state index contributed by atoms with van der Waals surface area (Å²) >= 11 is 0. The smallest absolute Gasteiger partial charge is 0.163 e. The van der Waals surface area contributed by atoms with Gasteiger partial charge in [-0.3, -0.25) is 0 Å². The summed E-state index contributed by atoms with van der Waals surface area (Å²) in [7, 11) is 1.64. The fourth-order valence-electron chi connectivity index (χ4n) is 1.84. The molecule has 0 spiro atoms. The molecule has 1 aromatic carbocycles. The van der Waals surface area contributed by atoms with Crippen LogP contribution in [-0.4, -0.2) is 7.05 Å². The summed E-state index contributed by atoms with van der Waals surface area (Å²) in [5.41, 5.74) is -0.317. The third-order valence-electron chi connectivity index (χ3n) is 2.49. The lowest BCUT2D eigenvalue weighted by Crippen LogP contribution is -2.30. The van der Waals surface area contributed by atoms with Crippen molar-refractivity contribution in [2.45, 2.75) is 26.8 Å². The van der Waals surface area contributed by atoms with Gasteiger partial charge < -0.3 is 5.32 Å². The van der Waals surface area contributed by atoms with Gasteiger partial charge in [-0.15, -0.1) is 0 Å². The quantitative estimate of drug-likeness (QED) is 0.769. The lowest BCUT2D eigenvalue weighted by atomic mass is 9.82. The van der Waals surface area contributed by atoms with E-state index in [-0.39, 0.29) is 11.0 Å². The molecule has 0 radical (unpaired) electrons. The van der Waals surface area contributed by atoms with Gasteiger partial charge in [-0.25, -0.2) is 13.2 Å². The fourth-order valence-corrected chi connectivity index (χ4v) is 1.84. The maximum Gasteiger partial charge on any atom is 0.163 e. The number of hydrogen-bond donors (Lipinski definition) is 1. The van der Waals surface area contributed by atoms with Crippen LogP contribution in [0.4, 0.5) is 13.2 Å². The summed E-state index contributed by atoms with van der Waals surface area (Å²) < 4.78 is 39.7. The average molecular weight is 231 g/mol. The molecule has 0 aromatic heterocycles. The van der Waals surface area contributed by atoms with Crippen molar-refractivity contribution in [3.05, 3.63) is 35.1 Å². The average Bonchev–Trinajstić information content (AvgIpc) is 2.11. The molecule has 0 aliphatic heterocycles. The van der Waals surface area contributed by atoms with Gasteiger partial charge in [-0.1, -0.05) is 20.8 Å². The Hall–Kier alpha value is -1.03. The molecule has 1 rings (SSSR count). The lowest BCUT2D eigenvalue weighted by Gasteiger charge is -2.31. The van der Waals surface area contributed by atoms with Gasteiger partial charge in [0.15, 0.2) is 11.6 Å². The maximum atomic E-state index is 13.6. The Kier molecular flexibility index (Phi) is 3.63. The number of hydrogen-bond acceptors (Lipinski definition) is 1. The van der Waals surface area contributed by atoms with Crippen LogP contribution in [-0.2, 0) is 0 Å². The molecule has 0 fully saturated rings. The molecule has 0 aliphatic carbocycles. The Balaban J connectivity index is 3.30. The van der Waals surface area contributed by atoms with E-state index in [1.54, 1.807) is 7.05 Å². The predicted octanol–water partition coefficient (Wildman–Crippen LogP) is 3.41. The number of halogens is 3. The molecular formula is C12H16F3N. The minimum Gasteiger partial charge on any atom is -0.312 e. The highest BCUT2D eigenvalue weighted by Gasteiger charge is 2.28. The summed E-state index contributed by atoms with van der Waals surface area (Å²) in [4.78, 5) is 0.